The lowest BCUT2D eigenvalue weighted by Gasteiger charge is -2.25. The molecule has 2 nitrogen and oxygen atoms in total. The molecule has 0 aromatic carbocycles. The number of fused-ring (bicyclic) bond motifs is 2. The normalized spacial score (nSPS) is 37.9. The van der Waals surface area contributed by atoms with E-state index in [0.717, 1.165) is 19.3 Å². The van der Waals surface area contributed by atoms with Gasteiger partial charge in [-0.2, -0.15) is 0 Å². The van der Waals surface area contributed by atoms with Gasteiger partial charge in [0.1, 0.15) is 6.10 Å². The number of esters is 1. The first-order chi connectivity index (χ1) is 7.83. The third-order valence-electron chi connectivity index (χ3n) is 4.42. The summed E-state index contributed by atoms with van der Waals surface area (Å²) < 4.78 is 5.66. The van der Waals surface area contributed by atoms with Crippen molar-refractivity contribution in [3.8, 4) is 0 Å². The van der Waals surface area contributed by atoms with Crippen LogP contribution in [0.1, 0.15) is 44.9 Å². The number of rotatable bonds is 2. The maximum atomic E-state index is 12.0. The first-order valence-electron chi connectivity index (χ1n) is 6.72. The highest BCUT2D eigenvalue weighted by Gasteiger charge is 2.41. The fourth-order valence-electron chi connectivity index (χ4n) is 3.49. The van der Waals surface area contributed by atoms with Crippen LogP contribution in [-0.2, 0) is 9.53 Å². The summed E-state index contributed by atoms with van der Waals surface area (Å²) in [6.07, 6.45) is 12.9. The molecule has 0 unspecified atom stereocenters. The zero-order valence-electron chi connectivity index (χ0n) is 9.73. The molecule has 0 amide bonds. The highest BCUT2D eigenvalue weighted by atomic mass is 16.5. The van der Waals surface area contributed by atoms with Crippen molar-refractivity contribution in [3.05, 3.63) is 12.2 Å². The summed E-state index contributed by atoms with van der Waals surface area (Å²) >= 11 is 0. The Hall–Kier alpha value is -0.790. The van der Waals surface area contributed by atoms with Gasteiger partial charge in [0.05, 0.1) is 5.92 Å². The summed E-state index contributed by atoms with van der Waals surface area (Å²) in [5.41, 5.74) is 0. The van der Waals surface area contributed by atoms with E-state index in [9.17, 15) is 4.79 Å². The highest BCUT2D eigenvalue weighted by molar-refractivity contribution is 5.74. The van der Waals surface area contributed by atoms with E-state index in [1.165, 1.54) is 25.7 Å². The maximum Gasteiger partial charge on any atom is 0.309 e. The van der Waals surface area contributed by atoms with Gasteiger partial charge >= 0.3 is 5.97 Å². The molecule has 0 N–H and O–H groups in total. The van der Waals surface area contributed by atoms with Crippen LogP contribution in [0.3, 0.4) is 0 Å². The standard InChI is InChI=1S/C14H20O2/c15-14(16-12-4-2-1-3-5-12)13-9-10-6-7-11(13)8-10/h6-7,10-13H,1-5,8-9H2/t10-,11+,13+/m1/s1. The Kier molecular flexibility index (Phi) is 2.74. The Morgan fingerprint density at radius 3 is 2.50 bits per heavy atom. The Labute approximate surface area is 97.1 Å². The highest BCUT2D eigenvalue weighted by Crippen LogP contribution is 2.44. The predicted octanol–water partition coefficient (Wildman–Crippen LogP) is 3.07. The second-order valence-electron chi connectivity index (χ2n) is 5.58. The second-order valence-corrected chi connectivity index (χ2v) is 5.58. The van der Waals surface area contributed by atoms with Gasteiger partial charge < -0.3 is 4.74 Å². The van der Waals surface area contributed by atoms with E-state index in [4.69, 9.17) is 4.74 Å². The third kappa shape index (κ3) is 1.90. The molecule has 0 radical (unpaired) electrons. The van der Waals surface area contributed by atoms with Crippen molar-refractivity contribution >= 4 is 5.97 Å². The minimum Gasteiger partial charge on any atom is -0.462 e. The lowest BCUT2D eigenvalue weighted by atomic mass is 9.93. The summed E-state index contributed by atoms with van der Waals surface area (Å²) in [6, 6.07) is 0. The number of ether oxygens (including phenoxy) is 1. The maximum absolute atomic E-state index is 12.0. The van der Waals surface area contributed by atoms with Gasteiger partial charge in [0, 0.05) is 0 Å². The van der Waals surface area contributed by atoms with Gasteiger partial charge in [0.15, 0.2) is 0 Å². The molecule has 2 bridgehead atoms. The van der Waals surface area contributed by atoms with Crippen LogP contribution in [0.5, 0.6) is 0 Å². The summed E-state index contributed by atoms with van der Waals surface area (Å²) in [7, 11) is 0. The van der Waals surface area contributed by atoms with Crippen LogP contribution in [0.15, 0.2) is 12.2 Å². The quantitative estimate of drug-likeness (QED) is 0.528. The SMILES string of the molecule is O=C(OC1CCCCC1)[C@H]1C[C@@H]2C=C[C@H]1C2. The Morgan fingerprint density at radius 1 is 1.06 bits per heavy atom. The summed E-state index contributed by atoms with van der Waals surface area (Å²) in [4.78, 5) is 12.0. The van der Waals surface area contributed by atoms with Gasteiger partial charge in [-0.25, -0.2) is 0 Å². The van der Waals surface area contributed by atoms with Crippen LogP contribution in [0, 0.1) is 17.8 Å². The Balaban J connectivity index is 1.55. The zero-order valence-corrected chi connectivity index (χ0v) is 9.73. The van der Waals surface area contributed by atoms with E-state index in [1.54, 1.807) is 0 Å². The van der Waals surface area contributed by atoms with Crippen LogP contribution in [0.2, 0.25) is 0 Å². The number of carbonyl (C=O) groups is 1. The topological polar surface area (TPSA) is 26.3 Å². The zero-order chi connectivity index (χ0) is 11.0. The van der Waals surface area contributed by atoms with E-state index >= 15 is 0 Å². The molecule has 2 saturated carbocycles. The summed E-state index contributed by atoms with van der Waals surface area (Å²) in [5.74, 6) is 1.41. The molecule has 0 aromatic heterocycles. The smallest absolute Gasteiger partial charge is 0.309 e. The van der Waals surface area contributed by atoms with Crippen molar-refractivity contribution in [2.45, 2.75) is 51.0 Å². The number of allylic oxidation sites excluding steroid dienone is 2. The van der Waals surface area contributed by atoms with Gasteiger partial charge in [0.2, 0.25) is 0 Å². The molecule has 0 heterocycles. The molecule has 16 heavy (non-hydrogen) atoms. The van der Waals surface area contributed by atoms with Crippen LogP contribution in [0.4, 0.5) is 0 Å². The van der Waals surface area contributed by atoms with Gasteiger partial charge in [-0.05, 0) is 50.4 Å². The van der Waals surface area contributed by atoms with E-state index < -0.39 is 0 Å². The van der Waals surface area contributed by atoms with Crippen molar-refractivity contribution < 1.29 is 9.53 Å². The van der Waals surface area contributed by atoms with Crippen LogP contribution < -0.4 is 0 Å². The molecule has 0 saturated heterocycles. The van der Waals surface area contributed by atoms with E-state index in [1.807, 2.05) is 0 Å². The lowest BCUT2D eigenvalue weighted by Crippen LogP contribution is -2.28. The van der Waals surface area contributed by atoms with E-state index in [-0.39, 0.29) is 18.0 Å². The van der Waals surface area contributed by atoms with Crippen LogP contribution in [-0.4, -0.2) is 12.1 Å². The first-order valence-corrected chi connectivity index (χ1v) is 6.72. The minimum absolute atomic E-state index is 0.0868. The average molecular weight is 220 g/mol. The van der Waals surface area contributed by atoms with E-state index in [0.29, 0.717) is 11.8 Å². The summed E-state index contributed by atoms with van der Waals surface area (Å²) in [5, 5.41) is 0. The van der Waals surface area contributed by atoms with Crippen molar-refractivity contribution in [2.75, 3.05) is 0 Å². The van der Waals surface area contributed by atoms with Gasteiger partial charge in [-0.1, -0.05) is 18.6 Å². The minimum atomic E-state index is 0.0868. The molecular weight excluding hydrogens is 200 g/mol. The average Bonchev–Trinajstić information content (AvgIpc) is 2.92. The number of carbonyl (C=O) groups excluding carboxylic acids is 1. The fourth-order valence-corrected chi connectivity index (χ4v) is 3.49. The molecular formula is C14H20O2. The molecule has 0 aliphatic heterocycles. The molecule has 3 rings (SSSR count). The van der Waals surface area contributed by atoms with Gasteiger partial charge in [-0.15, -0.1) is 0 Å². The lowest BCUT2D eigenvalue weighted by molar-refractivity contribution is -0.156. The van der Waals surface area contributed by atoms with E-state index in [2.05, 4.69) is 12.2 Å². The Bertz CT molecular complexity index is 302. The molecule has 88 valence electrons. The number of hydrogen-bond acceptors (Lipinski definition) is 2. The fraction of sp³-hybridized carbons (Fsp3) is 0.786. The van der Waals surface area contributed by atoms with Crippen molar-refractivity contribution in [1.29, 1.82) is 0 Å². The van der Waals surface area contributed by atoms with Crippen molar-refractivity contribution in [2.24, 2.45) is 17.8 Å². The van der Waals surface area contributed by atoms with Crippen LogP contribution in [0.25, 0.3) is 0 Å². The molecule has 0 aromatic rings. The monoisotopic (exact) mass is 220 g/mol. The van der Waals surface area contributed by atoms with Crippen molar-refractivity contribution in [3.63, 3.8) is 0 Å². The predicted molar refractivity (Wildman–Crippen MR) is 61.8 cm³/mol. The first kappa shape index (κ1) is 10.4. The van der Waals surface area contributed by atoms with Gasteiger partial charge in [-0.3, -0.25) is 4.79 Å². The molecule has 3 aliphatic carbocycles. The largest absolute Gasteiger partial charge is 0.462 e. The summed E-state index contributed by atoms with van der Waals surface area (Å²) in [6.45, 7) is 0. The van der Waals surface area contributed by atoms with Crippen molar-refractivity contribution in [1.82, 2.24) is 0 Å². The molecule has 3 atom stereocenters. The molecule has 2 fully saturated rings. The molecule has 3 aliphatic rings. The molecule has 0 spiro atoms. The number of hydrogen-bond donors (Lipinski definition) is 0. The molecule has 2 heteroatoms. The van der Waals surface area contributed by atoms with Gasteiger partial charge in [0.25, 0.3) is 0 Å². The van der Waals surface area contributed by atoms with Crippen LogP contribution >= 0.6 is 0 Å². The Morgan fingerprint density at radius 2 is 1.88 bits per heavy atom. The second kappa shape index (κ2) is 4.23. The third-order valence-corrected chi connectivity index (χ3v) is 4.42.